The van der Waals surface area contributed by atoms with E-state index in [1.165, 1.54) is 6.07 Å². The average molecular weight is 263 g/mol. The summed E-state index contributed by atoms with van der Waals surface area (Å²) in [4.78, 5) is 11.2. The van der Waals surface area contributed by atoms with Crippen LogP contribution >= 0.6 is 11.6 Å². The highest BCUT2D eigenvalue weighted by Gasteiger charge is 2.15. The van der Waals surface area contributed by atoms with Gasteiger partial charge in [-0.05, 0) is 23.8 Å². The standard InChI is InChI=1S/C14H11ClO3/c1-18-13-5-3-2-4-11(13)10-7-6-9(15)8-12(10)14(16)17/h2-8H,1H3,(H,16,17). The molecule has 0 saturated heterocycles. The van der Waals surface area contributed by atoms with Crippen LogP contribution in [-0.2, 0) is 0 Å². The molecule has 0 fully saturated rings. The quantitative estimate of drug-likeness (QED) is 0.917. The van der Waals surface area contributed by atoms with E-state index in [1.807, 2.05) is 18.2 Å². The normalized spacial score (nSPS) is 10.1. The van der Waals surface area contributed by atoms with Gasteiger partial charge in [0.1, 0.15) is 5.75 Å². The summed E-state index contributed by atoms with van der Waals surface area (Å²) in [6.45, 7) is 0. The fraction of sp³-hybridized carbons (Fsp3) is 0.0714. The molecule has 92 valence electrons. The molecular weight excluding hydrogens is 252 g/mol. The Hall–Kier alpha value is -2.00. The molecule has 0 aliphatic heterocycles. The molecule has 4 heteroatoms. The van der Waals surface area contributed by atoms with E-state index in [4.69, 9.17) is 16.3 Å². The summed E-state index contributed by atoms with van der Waals surface area (Å²) in [5.74, 6) is -0.388. The van der Waals surface area contributed by atoms with Crippen molar-refractivity contribution in [3.8, 4) is 16.9 Å². The molecule has 0 saturated carbocycles. The summed E-state index contributed by atoms with van der Waals surface area (Å²) in [7, 11) is 1.55. The molecule has 0 aliphatic carbocycles. The minimum atomic E-state index is -1.02. The molecule has 0 heterocycles. The minimum Gasteiger partial charge on any atom is -0.496 e. The second-order valence-electron chi connectivity index (χ2n) is 3.70. The summed E-state index contributed by atoms with van der Waals surface area (Å²) in [6.07, 6.45) is 0. The van der Waals surface area contributed by atoms with Gasteiger partial charge in [-0.2, -0.15) is 0 Å². The molecule has 1 N–H and O–H groups in total. The summed E-state index contributed by atoms with van der Waals surface area (Å²) >= 11 is 5.83. The lowest BCUT2D eigenvalue weighted by Crippen LogP contribution is -2.00. The van der Waals surface area contributed by atoms with Crippen LogP contribution in [0.1, 0.15) is 10.4 Å². The van der Waals surface area contributed by atoms with Crippen molar-refractivity contribution in [1.29, 1.82) is 0 Å². The van der Waals surface area contributed by atoms with Crippen LogP contribution in [0.3, 0.4) is 0 Å². The molecule has 2 aromatic carbocycles. The Morgan fingerprint density at radius 3 is 2.56 bits per heavy atom. The number of carbonyl (C=O) groups is 1. The summed E-state index contributed by atoms with van der Waals surface area (Å²) in [6, 6.07) is 12.0. The Morgan fingerprint density at radius 2 is 1.89 bits per heavy atom. The largest absolute Gasteiger partial charge is 0.496 e. The second-order valence-corrected chi connectivity index (χ2v) is 4.13. The number of carboxylic acids is 1. The molecular formula is C14H11ClO3. The molecule has 2 aromatic rings. The van der Waals surface area contributed by atoms with E-state index < -0.39 is 5.97 Å². The lowest BCUT2D eigenvalue weighted by molar-refractivity contribution is 0.0697. The van der Waals surface area contributed by atoms with Gasteiger partial charge >= 0.3 is 5.97 Å². The summed E-state index contributed by atoms with van der Waals surface area (Å²) in [5.41, 5.74) is 1.48. The maximum atomic E-state index is 11.2. The predicted molar refractivity (Wildman–Crippen MR) is 70.4 cm³/mol. The molecule has 0 aromatic heterocycles. The zero-order chi connectivity index (χ0) is 13.1. The number of halogens is 1. The highest BCUT2D eigenvalue weighted by molar-refractivity contribution is 6.31. The van der Waals surface area contributed by atoms with Crippen molar-refractivity contribution < 1.29 is 14.6 Å². The molecule has 0 unspecified atom stereocenters. The van der Waals surface area contributed by atoms with Crippen LogP contribution in [0.2, 0.25) is 5.02 Å². The number of aromatic carboxylic acids is 1. The Balaban J connectivity index is 2.67. The lowest BCUT2D eigenvalue weighted by atomic mass is 9.99. The van der Waals surface area contributed by atoms with E-state index >= 15 is 0 Å². The molecule has 18 heavy (non-hydrogen) atoms. The van der Waals surface area contributed by atoms with Gasteiger partial charge in [0.05, 0.1) is 12.7 Å². The SMILES string of the molecule is COc1ccccc1-c1ccc(Cl)cc1C(=O)O. The first-order valence-electron chi connectivity index (χ1n) is 5.29. The van der Waals surface area contributed by atoms with Crippen LogP contribution in [0, 0.1) is 0 Å². The van der Waals surface area contributed by atoms with E-state index in [0.29, 0.717) is 16.3 Å². The van der Waals surface area contributed by atoms with E-state index in [9.17, 15) is 9.90 Å². The highest BCUT2D eigenvalue weighted by atomic mass is 35.5. The van der Waals surface area contributed by atoms with Gasteiger partial charge in [-0.3, -0.25) is 0 Å². The van der Waals surface area contributed by atoms with E-state index in [0.717, 1.165) is 5.56 Å². The number of ether oxygens (including phenoxy) is 1. The number of carboxylic acid groups (broad SMARTS) is 1. The van der Waals surface area contributed by atoms with Gasteiger partial charge in [-0.25, -0.2) is 4.79 Å². The molecule has 0 atom stereocenters. The van der Waals surface area contributed by atoms with Crippen LogP contribution < -0.4 is 4.74 Å². The van der Waals surface area contributed by atoms with Crippen LogP contribution in [0.25, 0.3) is 11.1 Å². The molecule has 2 rings (SSSR count). The Bertz CT molecular complexity index is 593. The van der Waals surface area contributed by atoms with E-state index in [-0.39, 0.29) is 5.56 Å². The van der Waals surface area contributed by atoms with Crippen molar-refractivity contribution in [3.63, 3.8) is 0 Å². The predicted octanol–water partition coefficient (Wildman–Crippen LogP) is 3.71. The molecule has 0 radical (unpaired) electrons. The number of hydrogen-bond acceptors (Lipinski definition) is 2. The Kier molecular flexibility index (Phi) is 3.53. The molecule has 0 spiro atoms. The second kappa shape index (κ2) is 5.10. The van der Waals surface area contributed by atoms with Crippen LogP contribution in [-0.4, -0.2) is 18.2 Å². The first-order chi connectivity index (χ1) is 8.63. The number of rotatable bonds is 3. The monoisotopic (exact) mass is 262 g/mol. The molecule has 0 amide bonds. The third-order valence-electron chi connectivity index (χ3n) is 2.61. The number of benzene rings is 2. The maximum Gasteiger partial charge on any atom is 0.336 e. The summed E-state index contributed by atoms with van der Waals surface area (Å²) < 4.78 is 5.24. The highest BCUT2D eigenvalue weighted by Crippen LogP contribution is 2.33. The Labute approximate surface area is 110 Å². The van der Waals surface area contributed by atoms with E-state index in [1.54, 1.807) is 25.3 Å². The van der Waals surface area contributed by atoms with Crippen LogP contribution in [0.15, 0.2) is 42.5 Å². The topological polar surface area (TPSA) is 46.5 Å². The third kappa shape index (κ3) is 2.31. The average Bonchev–Trinajstić information content (AvgIpc) is 2.38. The van der Waals surface area contributed by atoms with Crippen molar-refractivity contribution in [2.75, 3.05) is 7.11 Å². The van der Waals surface area contributed by atoms with E-state index in [2.05, 4.69) is 0 Å². The number of para-hydroxylation sites is 1. The summed E-state index contributed by atoms with van der Waals surface area (Å²) in [5, 5.41) is 9.61. The zero-order valence-electron chi connectivity index (χ0n) is 9.68. The van der Waals surface area contributed by atoms with Gasteiger partial charge in [-0.1, -0.05) is 35.9 Å². The number of methoxy groups -OCH3 is 1. The first-order valence-corrected chi connectivity index (χ1v) is 5.67. The van der Waals surface area contributed by atoms with Gasteiger partial charge in [-0.15, -0.1) is 0 Å². The van der Waals surface area contributed by atoms with Crippen molar-refractivity contribution in [3.05, 3.63) is 53.1 Å². The van der Waals surface area contributed by atoms with Crippen molar-refractivity contribution in [2.24, 2.45) is 0 Å². The van der Waals surface area contributed by atoms with Gasteiger partial charge in [0, 0.05) is 10.6 Å². The maximum absolute atomic E-state index is 11.2. The van der Waals surface area contributed by atoms with Gasteiger partial charge < -0.3 is 9.84 Å². The zero-order valence-corrected chi connectivity index (χ0v) is 10.4. The minimum absolute atomic E-state index is 0.159. The molecule has 0 bridgehead atoms. The van der Waals surface area contributed by atoms with Gasteiger partial charge in [0.25, 0.3) is 0 Å². The Morgan fingerprint density at radius 1 is 1.17 bits per heavy atom. The van der Waals surface area contributed by atoms with Crippen molar-refractivity contribution in [2.45, 2.75) is 0 Å². The smallest absolute Gasteiger partial charge is 0.336 e. The fourth-order valence-corrected chi connectivity index (χ4v) is 1.97. The number of hydrogen-bond donors (Lipinski definition) is 1. The van der Waals surface area contributed by atoms with Crippen LogP contribution in [0.5, 0.6) is 5.75 Å². The lowest BCUT2D eigenvalue weighted by Gasteiger charge is -2.11. The van der Waals surface area contributed by atoms with Crippen LogP contribution in [0.4, 0.5) is 0 Å². The molecule has 0 aliphatic rings. The van der Waals surface area contributed by atoms with Gasteiger partial charge in [0.15, 0.2) is 0 Å². The third-order valence-corrected chi connectivity index (χ3v) is 2.84. The van der Waals surface area contributed by atoms with Crippen molar-refractivity contribution in [1.82, 2.24) is 0 Å². The molecule has 3 nitrogen and oxygen atoms in total. The first kappa shape index (κ1) is 12.5. The van der Waals surface area contributed by atoms with Gasteiger partial charge in [0.2, 0.25) is 0 Å². The van der Waals surface area contributed by atoms with Crippen molar-refractivity contribution >= 4 is 17.6 Å². The fourth-order valence-electron chi connectivity index (χ4n) is 1.80.